The summed E-state index contributed by atoms with van der Waals surface area (Å²) >= 11 is 0. The second-order valence-corrected chi connectivity index (χ2v) is 7.40. The largest absolute Gasteiger partial charge is 0.497 e. The Morgan fingerprint density at radius 1 is 1.08 bits per heavy atom. The molecule has 2 fully saturated rings. The maximum Gasteiger partial charge on any atom is 0.239 e. The molecule has 0 N–H and O–H groups in total. The van der Waals surface area contributed by atoms with Gasteiger partial charge in [0.2, 0.25) is 5.91 Å². The SMILES string of the molecule is COc1ccc(N2CCN([C@@H](C)C(=O)N3C[C@@H](C)O[C@@H](C)C3)CC2)cc1. The van der Waals surface area contributed by atoms with Crippen LogP contribution in [-0.2, 0) is 9.53 Å². The van der Waals surface area contributed by atoms with Crippen LogP contribution in [0.15, 0.2) is 24.3 Å². The number of morpholine rings is 1. The van der Waals surface area contributed by atoms with E-state index in [1.54, 1.807) is 7.11 Å². The van der Waals surface area contributed by atoms with E-state index < -0.39 is 0 Å². The number of hydrogen-bond donors (Lipinski definition) is 0. The fraction of sp³-hybridized carbons (Fsp3) is 0.650. The van der Waals surface area contributed by atoms with Crippen molar-refractivity contribution in [2.45, 2.75) is 39.0 Å². The monoisotopic (exact) mass is 361 g/mol. The first-order valence-electron chi connectivity index (χ1n) is 9.55. The lowest BCUT2D eigenvalue weighted by atomic mass is 10.1. The van der Waals surface area contributed by atoms with Gasteiger partial charge in [-0.05, 0) is 45.0 Å². The van der Waals surface area contributed by atoms with Crippen molar-refractivity contribution in [1.29, 1.82) is 0 Å². The van der Waals surface area contributed by atoms with Gasteiger partial charge in [-0.3, -0.25) is 9.69 Å². The summed E-state index contributed by atoms with van der Waals surface area (Å²) in [7, 11) is 1.68. The van der Waals surface area contributed by atoms with Crippen molar-refractivity contribution < 1.29 is 14.3 Å². The van der Waals surface area contributed by atoms with Gasteiger partial charge in [0.15, 0.2) is 0 Å². The third-order valence-corrected chi connectivity index (χ3v) is 5.39. The van der Waals surface area contributed by atoms with Crippen LogP contribution in [-0.4, -0.2) is 80.3 Å². The summed E-state index contributed by atoms with van der Waals surface area (Å²) in [5, 5.41) is 0. The molecular weight excluding hydrogens is 330 g/mol. The molecule has 0 aliphatic carbocycles. The molecule has 1 aromatic rings. The van der Waals surface area contributed by atoms with Gasteiger partial charge in [-0.25, -0.2) is 0 Å². The standard InChI is InChI=1S/C20H31N3O3/c1-15-13-23(14-16(2)26-15)20(24)17(3)21-9-11-22(12-10-21)18-5-7-19(25-4)8-6-18/h5-8,15-17H,9-14H2,1-4H3/t15-,16+,17-/m0/s1. The lowest BCUT2D eigenvalue weighted by molar-refractivity contribution is -0.148. The number of methoxy groups -OCH3 is 1. The smallest absolute Gasteiger partial charge is 0.239 e. The molecule has 0 radical (unpaired) electrons. The van der Waals surface area contributed by atoms with Crippen molar-refractivity contribution in [3.05, 3.63) is 24.3 Å². The van der Waals surface area contributed by atoms with E-state index >= 15 is 0 Å². The summed E-state index contributed by atoms with van der Waals surface area (Å²) < 4.78 is 11.0. The zero-order valence-electron chi connectivity index (χ0n) is 16.4. The average molecular weight is 361 g/mol. The molecule has 0 bridgehead atoms. The van der Waals surface area contributed by atoms with Crippen LogP contribution in [0.3, 0.4) is 0 Å². The number of carbonyl (C=O) groups is 1. The van der Waals surface area contributed by atoms with Gasteiger partial charge >= 0.3 is 0 Å². The highest BCUT2D eigenvalue weighted by Crippen LogP contribution is 2.21. The first kappa shape index (κ1) is 19.0. The minimum absolute atomic E-state index is 0.0782. The molecule has 0 unspecified atom stereocenters. The number of benzene rings is 1. The van der Waals surface area contributed by atoms with Crippen LogP contribution in [0.5, 0.6) is 5.75 Å². The van der Waals surface area contributed by atoms with Crippen LogP contribution in [0.25, 0.3) is 0 Å². The molecule has 2 heterocycles. The molecule has 2 aliphatic heterocycles. The quantitative estimate of drug-likeness (QED) is 0.819. The first-order chi connectivity index (χ1) is 12.5. The molecule has 0 saturated carbocycles. The topological polar surface area (TPSA) is 45.2 Å². The van der Waals surface area contributed by atoms with Gasteiger partial charge in [0, 0.05) is 45.0 Å². The van der Waals surface area contributed by atoms with Crippen LogP contribution < -0.4 is 9.64 Å². The predicted octanol–water partition coefficient (Wildman–Crippen LogP) is 1.84. The van der Waals surface area contributed by atoms with Crippen LogP contribution in [0.2, 0.25) is 0 Å². The molecule has 1 aromatic carbocycles. The fourth-order valence-corrected chi connectivity index (χ4v) is 3.94. The average Bonchev–Trinajstić information content (AvgIpc) is 2.66. The maximum absolute atomic E-state index is 12.9. The van der Waals surface area contributed by atoms with Gasteiger partial charge in [-0.2, -0.15) is 0 Å². The highest BCUT2D eigenvalue weighted by atomic mass is 16.5. The molecule has 2 aliphatic rings. The van der Waals surface area contributed by atoms with E-state index in [2.05, 4.69) is 21.9 Å². The lowest BCUT2D eigenvalue weighted by Crippen LogP contribution is -2.57. The molecule has 3 rings (SSSR count). The van der Waals surface area contributed by atoms with E-state index in [1.807, 2.05) is 37.8 Å². The number of hydrogen-bond acceptors (Lipinski definition) is 5. The summed E-state index contributed by atoms with van der Waals surface area (Å²) in [6.07, 6.45) is 0.226. The van der Waals surface area contributed by atoms with Gasteiger partial charge in [0.25, 0.3) is 0 Å². The minimum atomic E-state index is -0.0782. The third kappa shape index (κ3) is 4.30. The van der Waals surface area contributed by atoms with Crippen molar-refractivity contribution >= 4 is 11.6 Å². The second kappa shape index (κ2) is 8.27. The third-order valence-electron chi connectivity index (χ3n) is 5.39. The fourth-order valence-electron chi connectivity index (χ4n) is 3.94. The highest BCUT2D eigenvalue weighted by molar-refractivity contribution is 5.81. The van der Waals surface area contributed by atoms with Gasteiger partial charge in [0.05, 0.1) is 25.4 Å². The molecule has 0 aromatic heterocycles. The van der Waals surface area contributed by atoms with E-state index in [4.69, 9.17) is 9.47 Å². The maximum atomic E-state index is 12.9. The molecule has 3 atom stereocenters. The Morgan fingerprint density at radius 2 is 1.65 bits per heavy atom. The van der Waals surface area contributed by atoms with E-state index in [-0.39, 0.29) is 24.2 Å². The summed E-state index contributed by atoms with van der Waals surface area (Å²) in [5.41, 5.74) is 1.21. The molecular formula is C20H31N3O3. The predicted molar refractivity (Wildman–Crippen MR) is 103 cm³/mol. The van der Waals surface area contributed by atoms with Crippen LogP contribution >= 0.6 is 0 Å². The lowest BCUT2D eigenvalue weighted by Gasteiger charge is -2.42. The number of nitrogens with zero attached hydrogens (tertiary/aromatic N) is 3. The van der Waals surface area contributed by atoms with E-state index in [1.165, 1.54) is 5.69 Å². The number of anilines is 1. The molecule has 2 saturated heterocycles. The minimum Gasteiger partial charge on any atom is -0.497 e. The van der Waals surface area contributed by atoms with Crippen LogP contribution in [0, 0.1) is 0 Å². The van der Waals surface area contributed by atoms with Crippen LogP contribution in [0.1, 0.15) is 20.8 Å². The van der Waals surface area contributed by atoms with E-state index in [0.29, 0.717) is 13.1 Å². The second-order valence-electron chi connectivity index (χ2n) is 7.40. The Kier molecular flexibility index (Phi) is 6.04. The highest BCUT2D eigenvalue weighted by Gasteiger charge is 2.32. The summed E-state index contributed by atoms with van der Waals surface area (Å²) in [6.45, 7) is 11.2. The number of carbonyl (C=O) groups excluding carboxylic acids is 1. The molecule has 26 heavy (non-hydrogen) atoms. The summed E-state index contributed by atoms with van der Waals surface area (Å²) in [6, 6.07) is 8.10. The number of amides is 1. The van der Waals surface area contributed by atoms with Gasteiger partial charge < -0.3 is 19.3 Å². The Labute approximate surface area is 156 Å². The van der Waals surface area contributed by atoms with Crippen molar-refractivity contribution in [2.24, 2.45) is 0 Å². The molecule has 0 spiro atoms. The molecule has 6 heteroatoms. The van der Waals surface area contributed by atoms with Gasteiger partial charge in [-0.1, -0.05) is 0 Å². The Hall–Kier alpha value is -1.79. The molecule has 144 valence electrons. The van der Waals surface area contributed by atoms with E-state index in [0.717, 1.165) is 31.9 Å². The first-order valence-corrected chi connectivity index (χ1v) is 9.55. The van der Waals surface area contributed by atoms with Crippen molar-refractivity contribution in [3.63, 3.8) is 0 Å². The Balaban J connectivity index is 1.54. The summed E-state index contributed by atoms with van der Waals surface area (Å²) in [5.74, 6) is 1.10. The number of piperazine rings is 1. The Morgan fingerprint density at radius 3 is 2.19 bits per heavy atom. The van der Waals surface area contributed by atoms with Crippen molar-refractivity contribution in [1.82, 2.24) is 9.80 Å². The van der Waals surface area contributed by atoms with Crippen LogP contribution in [0.4, 0.5) is 5.69 Å². The van der Waals surface area contributed by atoms with Crippen molar-refractivity contribution in [3.8, 4) is 5.75 Å². The normalized spacial score (nSPS) is 25.8. The number of rotatable bonds is 4. The van der Waals surface area contributed by atoms with Gasteiger partial charge in [0.1, 0.15) is 5.75 Å². The molecule has 1 amide bonds. The van der Waals surface area contributed by atoms with Crippen molar-refractivity contribution in [2.75, 3.05) is 51.3 Å². The number of ether oxygens (including phenoxy) is 2. The van der Waals surface area contributed by atoms with Gasteiger partial charge in [-0.15, -0.1) is 0 Å². The zero-order valence-corrected chi connectivity index (χ0v) is 16.4. The van der Waals surface area contributed by atoms with E-state index in [9.17, 15) is 4.79 Å². The molecule has 6 nitrogen and oxygen atoms in total. The Bertz CT molecular complexity index is 589. The zero-order chi connectivity index (χ0) is 18.7. The summed E-state index contributed by atoms with van der Waals surface area (Å²) in [4.78, 5) is 19.5.